The van der Waals surface area contributed by atoms with E-state index in [1.54, 1.807) is 0 Å². The summed E-state index contributed by atoms with van der Waals surface area (Å²) in [4.78, 5) is 4.70. The summed E-state index contributed by atoms with van der Waals surface area (Å²) < 4.78 is 1.96. The topological polar surface area (TPSA) is 37.5 Å². The molecule has 0 spiro atoms. The highest BCUT2D eigenvalue weighted by Gasteiger charge is 2.19. The van der Waals surface area contributed by atoms with Crippen molar-refractivity contribution in [1.29, 1.82) is 0 Å². The van der Waals surface area contributed by atoms with E-state index in [-0.39, 0.29) is 0 Å². The average molecular weight is 301 g/mol. The van der Waals surface area contributed by atoms with Gasteiger partial charge in [0.15, 0.2) is 0 Å². The fourth-order valence-corrected chi connectivity index (χ4v) is 2.62. The molecule has 1 atom stereocenters. The van der Waals surface area contributed by atoms with Crippen LogP contribution in [0.25, 0.3) is 16.9 Å². The molecule has 1 aromatic carbocycles. The van der Waals surface area contributed by atoms with Gasteiger partial charge in [0.05, 0.1) is 17.5 Å². The molecule has 21 heavy (non-hydrogen) atoms. The molecular weight excluding hydrogens is 284 g/mol. The summed E-state index contributed by atoms with van der Waals surface area (Å²) in [5, 5.41) is 11.1. The van der Waals surface area contributed by atoms with E-state index in [0.29, 0.717) is 11.4 Å². The van der Waals surface area contributed by atoms with Crippen LogP contribution in [0.5, 0.6) is 0 Å². The maximum Gasteiger partial charge on any atom is 0.138 e. The summed E-state index contributed by atoms with van der Waals surface area (Å²) in [6.07, 6.45) is 2.06. The van der Waals surface area contributed by atoms with Crippen LogP contribution < -0.4 is 0 Å². The molecule has 0 radical (unpaired) electrons. The van der Waals surface area contributed by atoms with Crippen molar-refractivity contribution >= 4 is 17.2 Å². The van der Waals surface area contributed by atoms with E-state index in [1.807, 2.05) is 60.8 Å². The van der Waals surface area contributed by atoms with Gasteiger partial charge in [-0.2, -0.15) is 0 Å². The number of aliphatic hydroxyl groups excluding tert-OH is 1. The normalized spacial score (nSPS) is 12.8. The van der Waals surface area contributed by atoms with E-state index in [4.69, 9.17) is 16.6 Å². The fraction of sp³-hybridized carbons (Fsp3) is 0.235. The minimum atomic E-state index is -0.548. The molecular formula is C17H17ClN2O. The first-order valence-corrected chi connectivity index (χ1v) is 7.40. The predicted octanol–water partition coefficient (Wildman–Crippen LogP) is 4.41. The summed E-state index contributed by atoms with van der Waals surface area (Å²) in [5.74, 6) is 0. The fourth-order valence-electron chi connectivity index (χ4n) is 2.50. The Labute approximate surface area is 128 Å². The van der Waals surface area contributed by atoms with Crippen molar-refractivity contribution in [2.75, 3.05) is 0 Å². The van der Waals surface area contributed by atoms with Gasteiger partial charge in [-0.25, -0.2) is 4.98 Å². The number of hydrogen-bond acceptors (Lipinski definition) is 2. The molecule has 0 fully saturated rings. The van der Waals surface area contributed by atoms with Crippen molar-refractivity contribution in [3.05, 3.63) is 58.9 Å². The van der Waals surface area contributed by atoms with Crippen molar-refractivity contribution in [1.82, 2.24) is 9.38 Å². The first-order chi connectivity index (χ1) is 10.1. The second-order valence-corrected chi connectivity index (χ2v) is 5.65. The molecule has 2 heterocycles. The second-order valence-electron chi connectivity index (χ2n) is 5.21. The van der Waals surface area contributed by atoms with Gasteiger partial charge in [-0.3, -0.25) is 0 Å². The lowest BCUT2D eigenvalue weighted by atomic mass is 10.1. The molecule has 0 saturated heterocycles. The van der Waals surface area contributed by atoms with Crippen molar-refractivity contribution in [2.24, 2.45) is 0 Å². The van der Waals surface area contributed by atoms with Gasteiger partial charge in [-0.05, 0) is 43.2 Å². The van der Waals surface area contributed by atoms with Crippen LogP contribution in [-0.4, -0.2) is 14.5 Å². The summed E-state index contributed by atoms with van der Waals surface area (Å²) >= 11 is 5.95. The summed E-state index contributed by atoms with van der Waals surface area (Å²) in [6.45, 7) is 4.00. The van der Waals surface area contributed by atoms with Crippen LogP contribution >= 0.6 is 11.6 Å². The van der Waals surface area contributed by atoms with Crippen molar-refractivity contribution < 1.29 is 5.11 Å². The Kier molecular flexibility index (Phi) is 3.70. The van der Waals surface area contributed by atoms with E-state index < -0.39 is 6.10 Å². The molecule has 0 saturated carbocycles. The average Bonchev–Trinajstić information content (AvgIpc) is 2.85. The van der Waals surface area contributed by atoms with Crippen LogP contribution in [-0.2, 0) is 0 Å². The lowest BCUT2D eigenvalue weighted by molar-refractivity contribution is 0.168. The Morgan fingerprint density at radius 1 is 1.24 bits per heavy atom. The van der Waals surface area contributed by atoms with Crippen LogP contribution in [0.4, 0.5) is 0 Å². The van der Waals surface area contributed by atoms with Crippen molar-refractivity contribution in [3.8, 4) is 11.3 Å². The van der Waals surface area contributed by atoms with E-state index in [2.05, 4.69) is 0 Å². The van der Waals surface area contributed by atoms with E-state index in [0.717, 1.165) is 28.2 Å². The molecule has 0 aliphatic carbocycles. The second kappa shape index (κ2) is 5.51. The van der Waals surface area contributed by atoms with Gasteiger partial charge in [0.1, 0.15) is 5.65 Å². The number of pyridine rings is 1. The Morgan fingerprint density at radius 3 is 2.62 bits per heavy atom. The zero-order chi connectivity index (χ0) is 15.0. The van der Waals surface area contributed by atoms with Gasteiger partial charge < -0.3 is 9.51 Å². The minimum absolute atomic E-state index is 0.548. The van der Waals surface area contributed by atoms with E-state index in [1.165, 1.54) is 0 Å². The minimum Gasteiger partial charge on any atom is -0.387 e. The number of benzene rings is 1. The molecule has 0 aliphatic heterocycles. The molecule has 0 amide bonds. The summed E-state index contributed by atoms with van der Waals surface area (Å²) in [6, 6.07) is 11.6. The van der Waals surface area contributed by atoms with Crippen LogP contribution in [0, 0.1) is 6.92 Å². The Morgan fingerprint density at radius 2 is 1.95 bits per heavy atom. The zero-order valence-electron chi connectivity index (χ0n) is 12.0. The lowest BCUT2D eigenvalue weighted by Gasteiger charge is -2.11. The SMILES string of the molecule is CCC(O)c1c(-c2ccc(Cl)cc2)nc2cc(C)ccn12. The molecule has 1 unspecified atom stereocenters. The van der Waals surface area contributed by atoms with Crippen molar-refractivity contribution in [3.63, 3.8) is 0 Å². The van der Waals surface area contributed by atoms with E-state index >= 15 is 0 Å². The highest BCUT2D eigenvalue weighted by atomic mass is 35.5. The third-order valence-corrected chi connectivity index (χ3v) is 3.89. The molecule has 3 aromatic rings. The van der Waals surface area contributed by atoms with Gasteiger partial charge in [0.2, 0.25) is 0 Å². The largest absolute Gasteiger partial charge is 0.387 e. The molecule has 0 aliphatic rings. The molecule has 1 N–H and O–H groups in total. The molecule has 4 heteroatoms. The predicted molar refractivity (Wildman–Crippen MR) is 85.6 cm³/mol. The number of hydrogen-bond donors (Lipinski definition) is 1. The molecule has 3 nitrogen and oxygen atoms in total. The highest BCUT2D eigenvalue weighted by molar-refractivity contribution is 6.30. The van der Waals surface area contributed by atoms with Gasteiger partial charge >= 0.3 is 0 Å². The molecule has 0 bridgehead atoms. The number of imidazole rings is 1. The van der Waals surface area contributed by atoms with E-state index in [9.17, 15) is 5.11 Å². The third-order valence-electron chi connectivity index (χ3n) is 3.64. The molecule has 2 aromatic heterocycles. The maximum absolute atomic E-state index is 10.4. The van der Waals surface area contributed by atoms with Crippen LogP contribution in [0.2, 0.25) is 5.02 Å². The van der Waals surface area contributed by atoms with Gasteiger partial charge in [0, 0.05) is 16.8 Å². The Bertz CT molecular complexity index is 777. The number of halogens is 1. The first-order valence-electron chi connectivity index (χ1n) is 7.02. The number of aliphatic hydroxyl groups is 1. The number of aromatic nitrogens is 2. The summed E-state index contributed by atoms with van der Waals surface area (Å²) in [7, 11) is 0. The quantitative estimate of drug-likeness (QED) is 0.778. The maximum atomic E-state index is 10.4. The van der Waals surface area contributed by atoms with Crippen LogP contribution in [0.3, 0.4) is 0 Å². The number of aryl methyl sites for hydroxylation is 1. The third kappa shape index (κ3) is 2.55. The number of nitrogens with zero attached hydrogens (tertiary/aromatic N) is 2. The highest BCUT2D eigenvalue weighted by Crippen LogP contribution is 2.31. The standard InChI is InChI=1S/C17H17ClN2O/c1-3-14(21)17-16(12-4-6-13(18)7-5-12)19-15-10-11(2)8-9-20(15)17/h4-10,14,21H,3H2,1-2H3. The zero-order valence-corrected chi connectivity index (χ0v) is 12.8. The number of rotatable bonds is 3. The Balaban J connectivity index is 2.27. The smallest absolute Gasteiger partial charge is 0.138 e. The van der Waals surface area contributed by atoms with Crippen LogP contribution in [0.15, 0.2) is 42.6 Å². The molecule has 3 rings (SSSR count). The first kappa shape index (κ1) is 14.1. The Hall–Kier alpha value is -1.84. The van der Waals surface area contributed by atoms with Gasteiger partial charge in [-0.1, -0.05) is 30.7 Å². The number of fused-ring (bicyclic) bond motifs is 1. The summed E-state index contributed by atoms with van der Waals surface area (Å²) in [5.41, 5.74) is 4.60. The van der Waals surface area contributed by atoms with Gasteiger partial charge in [0.25, 0.3) is 0 Å². The van der Waals surface area contributed by atoms with Crippen LogP contribution in [0.1, 0.15) is 30.7 Å². The van der Waals surface area contributed by atoms with Crippen molar-refractivity contribution in [2.45, 2.75) is 26.4 Å². The monoisotopic (exact) mass is 300 g/mol. The lowest BCUT2D eigenvalue weighted by Crippen LogP contribution is -2.02. The molecule has 108 valence electrons. The van der Waals surface area contributed by atoms with Gasteiger partial charge in [-0.15, -0.1) is 0 Å².